The van der Waals surface area contributed by atoms with Crippen molar-refractivity contribution in [2.75, 3.05) is 0 Å². The summed E-state index contributed by atoms with van der Waals surface area (Å²) in [5.74, 6) is 2.09. The average molecular weight is 492 g/mol. The van der Waals surface area contributed by atoms with Crippen molar-refractivity contribution in [3.8, 4) is 5.75 Å². The number of benzene rings is 4. The quantitative estimate of drug-likeness (QED) is 0.206. The van der Waals surface area contributed by atoms with Gasteiger partial charge in [0.25, 0.3) is 0 Å². The van der Waals surface area contributed by atoms with Gasteiger partial charge in [0.15, 0.2) is 5.60 Å². The minimum atomic E-state index is -0.636. The molecule has 1 heterocycles. The topological polar surface area (TPSA) is 9.23 Å². The minimum absolute atomic E-state index is 0. The fourth-order valence-electron chi connectivity index (χ4n) is 4.91. The van der Waals surface area contributed by atoms with E-state index >= 15 is 0 Å². The van der Waals surface area contributed by atoms with Crippen molar-refractivity contribution < 1.29 is 21.8 Å². The van der Waals surface area contributed by atoms with Gasteiger partial charge in [0.1, 0.15) is 5.75 Å². The van der Waals surface area contributed by atoms with Crippen molar-refractivity contribution in [3.63, 3.8) is 0 Å². The van der Waals surface area contributed by atoms with Crippen LogP contribution < -0.4 is 4.74 Å². The van der Waals surface area contributed by atoms with Gasteiger partial charge in [-0.2, -0.15) is 0 Å². The predicted molar refractivity (Wildman–Crippen MR) is 141 cm³/mol. The second-order valence-corrected chi connectivity index (χ2v) is 8.51. The molecular formula is C33H24FeO+2. The maximum atomic E-state index is 6.98. The zero-order chi connectivity index (χ0) is 22.8. The summed E-state index contributed by atoms with van der Waals surface area (Å²) in [5, 5.41) is 4.86. The van der Waals surface area contributed by atoms with E-state index in [0.717, 1.165) is 28.2 Å². The first-order valence-corrected chi connectivity index (χ1v) is 11.6. The molecule has 0 N–H and O–H groups in total. The third-order valence-corrected chi connectivity index (χ3v) is 6.52. The molecule has 0 aromatic heterocycles. The summed E-state index contributed by atoms with van der Waals surface area (Å²) < 4.78 is 6.98. The molecule has 2 fully saturated rings. The second-order valence-electron chi connectivity index (χ2n) is 8.51. The van der Waals surface area contributed by atoms with Crippen LogP contribution in [0.4, 0.5) is 0 Å². The van der Waals surface area contributed by atoms with Crippen molar-refractivity contribution >= 4 is 27.6 Å². The first kappa shape index (κ1) is 24.2. The van der Waals surface area contributed by atoms with Crippen LogP contribution >= 0.6 is 0 Å². The standard InChI is InChI=1S/C28H19O.C5H5.Fe/c1-2-10-20(11-3-1)28(21-12-4-5-13-21)19-18-26-24-16-7-6-14-22(24)23-15-8-9-17-25(23)27(26)29-28;1-2-4-5-3-1;/h1-19H;1-5H;/q;;+2. The molecule has 1 nitrogen and oxygen atoms in total. The van der Waals surface area contributed by atoms with Gasteiger partial charge in [0.2, 0.25) is 0 Å². The van der Waals surface area contributed by atoms with E-state index in [0.29, 0.717) is 0 Å². The van der Waals surface area contributed by atoms with E-state index in [2.05, 4.69) is 111 Å². The summed E-state index contributed by atoms with van der Waals surface area (Å²) in [6.45, 7) is 0. The van der Waals surface area contributed by atoms with Gasteiger partial charge in [0, 0.05) is 16.9 Å². The van der Waals surface area contributed by atoms with E-state index < -0.39 is 5.60 Å². The third kappa shape index (κ3) is 4.44. The molecule has 2 saturated carbocycles. The second kappa shape index (κ2) is 10.6. The molecule has 4 aromatic rings. The van der Waals surface area contributed by atoms with Crippen LogP contribution in [0.1, 0.15) is 11.1 Å². The van der Waals surface area contributed by atoms with Gasteiger partial charge >= 0.3 is 17.1 Å². The van der Waals surface area contributed by atoms with E-state index in [-0.39, 0.29) is 17.1 Å². The summed E-state index contributed by atoms with van der Waals surface area (Å²) in [5.41, 5.74) is 1.64. The predicted octanol–water partition coefficient (Wildman–Crippen LogP) is 7.72. The molecule has 1 unspecified atom stereocenters. The number of rotatable bonds is 2. The fourth-order valence-corrected chi connectivity index (χ4v) is 4.91. The van der Waals surface area contributed by atoms with Crippen LogP contribution in [0.15, 0.2) is 84.9 Å². The minimum Gasteiger partial charge on any atom is -0.477 e. The van der Waals surface area contributed by atoms with E-state index in [1.807, 2.05) is 38.2 Å². The summed E-state index contributed by atoms with van der Waals surface area (Å²) in [6.07, 6.45) is 22.9. The number of ether oxygens (including phenoxy) is 1. The van der Waals surface area contributed by atoms with Gasteiger partial charge in [-0.1, -0.05) is 84.9 Å². The average Bonchev–Trinajstić information content (AvgIpc) is 3.67. The molecule has 3 aliphatic rings. The van der Waals surface area contributed by atoms with E-state index in [9.17, 15) is 0 Å². The molecule has 0 saturated heterocycles. The molecule has 2 heteroatoms. The molecule has 0 amide bonds. The fraction of sp³-hybridized carbons (Fsp3) is 0.0303. The van der Waals surface area contributed by atoms with Gasteiger partial charge in [-0.05, 0) is 85.6 Å². The molecule has 1 aliphatic heterocycles. The van der Waals surface area contributed by atoms with Crippen molar-refractivity contribution in [3.05, 3.63) is 160 Å². The van der Waals surface area contributed by atoms with Crippen LogP contribution in [-0.2, 0) is 22.7 Å². The Bertz CT molecular complexity index is 1310. The summed E-state index contributed by atoms with van der Waals surface area (Å²) in [6, 6.07) is 27.6. The van der Waals surface area contributed by atoms with Gasteiger partial charge in [-0.25, -0.2) is 0 Å². The maximum Gasteiger partial charge on any atom is 2.00 e. The maximum absolute atomic E-state index is 6.98. The van der Waals surface area contributed by atoms with Crippen LogP contribution in [0, 0.1) is 63.7 Å². The van der Waals surface area contributed by atoms with Crippen LogP contribution in [0.5, 0.6) is 5.75 Å². The molecule has 35 heavy (non-hydrogen) atoms. The zero-order valence-electron chi connectivity index (χ0n) is 19.1. The Morgan fingerprint density at radius 3 is 1.66 bits per heavy atom. The van der Waals surface area contributed by atoms with Crippen LogP contribution in [0.3, 0.4) is 0 Å². The van der Waals surface area contributed by atoms with Crippen molar-refractivity contribution in [2.45, 2.75) is 5.60 Å². The molecule has 0 spiro atoms. The Hall–Kier alpha value is -2.54. The molecule has 2 aliphatic carbocycles. The van der Waals surface area contributed by atoms with Crippen LogP contribution in [0.2, 0.25) is 0 Å². The van der Waals surface area contributed by atoms with Crippen molar-refractivity contribution in [1.29, 1.82) is 0 Å². The normalized spacial score (nSPS) is 21.1. The molecule has 168 valence electrons. The van der Waals surface area contributed by atoms with Crippen molar-refractivity contribution in [2.24, 2.45) is 0 Å². The number of hydrogen-bond acceptors (Lipinski definition) is 1. The zero-order valence-corrected chi connectivity index (χ0v) is 20.2. The molecule has 4 aromatic carbocycles. The largest absolute Gasteiger partial charge is 2.00 e. The molecule has 1 atom stereocenters. The Balaban J connectivity index is 0.000000379. The van der Waals surface area contributed by atoms with Gasteiger partial charge in [0.05, 0.1) is 0 Å². The number of fused-ring (bicyclic) bond motifs is 6. The molecular weight excluding hydrogens is 468 g/mol. The Morgan fingerprint density at radius 2 is 1.03 bits per heavy atom. The van der Waals surface area contributed by atoms with E-state index in [1.54, 1.807) is 0 Å². The van der Waals surface area contributed by atoms with Gasteiger partial charge in [-0.3, -0.25) is 0 Å². The molecule has 10 radical (unpaired) electrons. The SMILES string of the molecule is [CH]1[CH][CH][CH][CH]1.[CH]1[CH][CH][C](C2(c3ccccc3)C=Cc3c(c4ccccc4c4ccccc34)O2)[CH]1.[Fe+2]. The Labute approximate surface area is 220 Å². The Morgan fingerprint density at radius 1 is 0.514 bits per heavy atom. The molecule has 0 bridgehead atoms. The van der Waals surface area contributed by atoms with Crippen molar-refractivity contribution in [1.82, 2.24) is 0 Å². The van der Waals surface area contributed by atoms with E-state index in [1.165, 1.54) is 16.2 Å². The summed E-state index contributed by atoms with van der Waals surface area (Å²) in [4.78, 5) is 0. The summed E-state index contributed by atoms with van der Waals surface area (Å²) in [7, 11) is 0. The van der Waals surface area contributed by atoms with Crippen LogP contribution in [0.25, 0.3) is 27.6 Å². The van der Waals surface area contributed by atoms with Crippen LogP contribution in [-0.4, -0.2) is 0 Å². The smallest absolute Gasteiger partial charge is 0.477 e. The monoisotopic (exact) mass is 492 g/mol. The molecule has 7 rings (SSSR count). The summed E-state index contributed by atoms with van der Waals surface area (Å²) >= 11 is 0. The third-order valence-electron chi connectivity index (χ3n) is 6.52. The number of hydrogen-bond donors (Lipinski definition) is 0. The van der Waals surface area contributed by atoms with E-state index in [4.69, 9.17) is 4.74 Å². The first-order chi connectivity index (χ1) is 16.9. The first-order valence-electron chi connectivity index (χ1n) is 11.6. The van der Waals surface area contributed by atoms with Gasteiger partial charge < -0.3 is 4.74 Å². The van der Waals surface area contributed by atoms with Gasteiger partial charge in [-0.15, -0.1) is 0 Å². The Kier molecular flexibility index (Phi) is 7.32.